The van der Waals surface area contributed by atoms with Crippen molar-refractivity contribution in [2.45, 2.75) is 38.6 Å². The highest BCUT2D eigenvalue weighted by molar-refractivity contribution is 5.90. The van der Waals surface area contributed by atoms with E-state index in [1.165, 1.54) is 5.56 Å². The van der Waals surface area contributed by atoms with E-state index >= 15 is 0 Å². The molecule has 0 spiro atoms. The van der Waals surface area contributed by atoms with E-state index in [-0.39, 0.29) is 5.92 Å². The fraction of sp³-hybridized carbons (Fsp3) is 0.400. The van der Waals surface area contributed by atoms with E-state index in [0.29, 0.717) is 35.8 Å². The summed E-state index contributed by atoms with van der Waals surface area (Å²) >= 11 is 0. The van der Waals surface area contributed by atoms with Crippen molar-refractivity contribution in [2.24, 2.45) is 5.92 Å². The van der Waals surface area contributed by atoms with Crippen LogP contribution in [0.25, 0.3) is 0 Å². The molecule has 1 saturated heterocycles. The van der Waals surface area contributed by atoms with Crippen LogP contribution in [-0.2, 0) is 31.1 Å². The lowest BCUT2D eigenvalue weighted by atomic mass is 9.69. The number of aliphatic carboxylic acids is 4. The van der Waals surface area contributed by atoms with Gasteiger partial charge < -0.3 is 34.8 Å². The second kappa shape index (κ2) is 21.6. The lowest BCUT2D eigenvalue weighted by Gasteiger charge is -2.36. The number of piperazine rings is 1. The molecule has 1 aliphatic heterocycles. The molecule has 2 aromatic rings. The van der Waals surface area contributed by atoms with E-state index in [4.69, 9.17) is 29.9 Å². The Hall–Kier alpha value is -5.19. The first-order valence-corrected chi connectivity index (χ1v) is 15.2. The van der Waals surface area contributed by atoms with Crippen LogP contribution in [0.3, 0.4) is 0 Å². The van der Waals surface area contributed by atoms with Crippen LogP contribution in [0.5, 0.6) is 11.5 Å². The first kappa shape index (κ1) is 40.8. The predicted molar refractivity (Wildman–Crippen MR) is 178 cm³/mol. The van der Waals surface area contributed by atoms with Gasteiger partial charge in [0.2, 0.25) is 0 Å². The number of carbonyl (C=O) groups is 4. The molecule has 0 amide bonds. The van der Waals surface area contributed by atoms with Gasteiger partial charge in [-0.15, -0.1) is 0 Å². The van der Waals surface area contributed by atoms with Gasteiger partial charge in [-0.3, -0.25) is 4.90 Å². The summed E-state index contributed by atoms with van der Waals surface area (Å²) in [5.41, 5.74) is 1.86. The number of nitrogens with zero attached hydrogens (tertiary/aromatic N) is 3. The van der Waals surface area contributed by atoms with E-state index in [1.54, 1.807) is 14.2 Å². The molecule has 1 atom stereocenters. The minimum Gasteiger partial charge on any atom is -0.493 e. The van der Waals surface area contributed by atoms with Crippen molar-refractivity contribution in [3.63, 3.8) is 0 Å². The molecule has 0 radical (unpaired) electrons. The Bertz CT molecular complexity index is 1360. The third-order valence-corrected chi connectivity index (χ3v) is 7.58. The number of benzene rings is 2. The highest BCUT2D eigenvalue weighted by atomic mass is 16.5. The second-order valence-electron chi connectivity index (χ2n) is 11.0. The number of methoxy groups -OCH3 is 2. The van der Waals surface area contributed by atoms with E-state index in [9.17, 15) is 24.4 Å². The fourth-order valence-electron chi connectivity index (χ4n) is 5.01. The first-order chi connectivity index (χ1) is 22.8. The number of hydrogen-bond donors (Lipinski definition) is 4. The quantitative estimate of drug-likeness (QED) is 0.210. The summed E-state index contributed by atoms with van der Waals surface area (Å²) < 4.78 is 10.9. The zero-order valence-corrected chi connectivity index (χ0v) is 27.7. The number of carboxylic acids is 4. The van der Waals surface area contributed by atoms with Crippen molar-refractivity contribution >= 4 is 23.9 Å². The molecule has 0 bridgehead atoms. The fourth-order valence-corrected chi connectivity index (χ4v) is 5.01. The summed E-state index contributed by atoms with van der Waals surface area (Å²) in [6, 6.07) is 19.3. The van der Waals surface area contributed by atoms with Gasteiger partial charge in [-0.2, -0.15) is 5.26 Å². The number of hydrogen-bond acceptors (Lipinski definition) is 9. The zero-order valence-electron chi connectivity index (χ0n) is 27.7. The molecule has 0 aliphatic carbocycles. The lowest BCUT2D eigenvalue weighted by molar-refractivity contribution is -0.134. The first-order valence-electron chi connectivity index (χ1n) is 15.2. The summed E-state index contributed by atoms with van der Waals surface area (Å²) in [6.45, 7) is 10.7. The van der Waals surface area contributed by atoms with Crippen LogP contribution in [0.15, 0.2) is 72.8 Å². The van der Waals surface area contributed by atoms with Gasteiger partial charge in [-0.05, 0) is 48.6 Å². The normalized spacial score (nSPS) is 14.5. The van der Waals surface area contributed by atoms with Crippen molar-refractivity contribution in [3.8, 4) is 17.6 Å². The molecule has 1 aliphatic rings. The maximum atomic E-state index is 10.3. The Balaban J connectivity index is 0.000000594. The minimum absolute atomic E-state index is 0.202. The topological polar surface area (TPSA) is 198 Å². The SMILES string of the molecule is COc1ccc(C(C#N)(CCCN2CCN(Cc3ccccc3)CC2)C(C)C)cc1OC.O=C(O)/C=C/C(=O)O.O=C(O)/C=C/C(=O)O. The molecule has 0 aromatic heterocycles. The van der Waals surface area contributed by atoms with Crippen LogP contribution in [0.1, 0.15) is 37.8 Å². The molecule has 1 fully saturated rings. The van der Waals surface area contributed by atoms with Gasteiger partial charge in [0.25, 0.3) is 0 Å². The van der Waals surface area contributed by atoms with Crippen LogP contribution in [-0.4, -0.2) is 101 Å². The number of ether oxygens (including phenoxy) is 2. The van der Waals surface area contributed by atoms with Crippen LogP contribution in [0.4, 0.5) is 0 Å². The van der Waals surface area contributed by atoms with Crippen LogP contribution in [0.2, 0.25) is 0 Å². The molecule has 1 unspecified atom stereocenters. The molecule has 13 heteroatoms. The minimum atomic E-state index is -1.26. The van der Waals surface area contributed by atoms with Gasteiger partial charge in [0.1, 0.15) is 0 Å². The van der Waals surface area contributed by atoms with Gasteiger partial charge in [0.05, 0.1) is 25.7 Å². The second-order valence-corrected chi connectivity index (χ2v) is 11.0. The molecular weight excluding hydrogens is 622 g/mol. The molecule has 13 nitrogen and oxygen atoms in total. The van der Waals surface area contributed by atoms with Gasteiger partial charge >= 0.3 is 23.9 Å². The summed E-state index contributed by atoms with van der Waals surface area (Å²) in [4.78, 5) is 43.3. The molecule has 3 rings (SSSR count). The molecule has 0 saturated carbocycles. The summed E-state index contributed by atoms with van der Waals surface area (Å²) in [5.74, 6) is -3.45. The lowest BCUT2D eigenvalue weighted by Crippen LogP contribution is -2.46. The summed E-state index contributed by atoms with van der Waals surface area (Å²) in [7, 11) is 3.28. The van der Waals surface area contributed by atoms with Crippen LogP contribution in [0, 0.1) is 17.2 Å². The Kier molecular flexibility index (Phi) is 18.4. The monoisotopic (exact) mass is 667 g/mol. The highest BCUT2D eigenvalue weighted by Crippen LogP contribution is 2.40. The van der Waals surface area contributed by atoms with Gasteiger partial charge in [0.15, 0.2) is 11.5 Å². The zero-order chi connectivity index (χ0) is 36.1. The van der Waals surface area contributed by atoms with Gasteiger partial charge in [0, 0.05) is 57.0 Å². The van der Waals surface area contributed by atoms with E-state index in [2.05, 4.69) is 60.0 Å². The van der Waals surface area contributed by atoms with Crippen molar-refractivity contribution in [1.29, 1.82) is 5.26 Å². The van der Waals surface area contributed by atoms with E-state index in [0.717, 1.165) is 57.7 Å². The van der Waals surface area contributed by atoms with Crippen LogP contribution < -0.4 is 9.47 Å². The number of nitriles is 1. The average Bonchev–Trinajstić information content (AvgIpc) is 3.06. The maximum absolute atomic E-state index is 10.3. The van der Waals surface area contributed by atoms with Crippen molar-refractivity contribution < 1.29 is 49.1 Å². The third kappa shape index (κ3) is 14.9. The smallest absolute Gasteiger partial charge is 0.328 e. The highest BCUT2D eigenvalue weighted by Gasteiger charge is 2.36. The third-order valence-electron chi connectivity index (χ3n) is 7.58. The summed E-state index contributed by atoms with van der Waals surface area (Å²) in [5, 5.41) is 41.5. The van der Waals surface area contributed by atoms with Gasteiger partial charge in [-0.1, -0.05) is 50.2 Å². The standard InChI is InChI=1S/C27H37N3O2.2C4H4O4/c1-22(2)27(21-28,24-11-12-25(31-3)26(19-24)32-4)13-8-14-29-15-17-30(18-16-29)20-23-9-6-5-7-10-23;2*5-3(6)1-2-4(7)8/h5-7,9-12,19,22H,8,13-18,20H2,1-4H3;2*1-2H,(H,5,6)(H,7,8)/b;2*2-1+. The molecule has 1 heterocycles. The number of rotatable bonds is 14. The van der Waals surface area contributed by atoms with Gasteiger partial charge in [-0.25, -0.2) is 19.2 Å². The van der Waals surface area contributed by atoms with Crippen molar-refractivity contribution in [3.05, 3.63) is 84.0 Å². The Morgan fingerprint density at radius 2 is 1.27 bits per heavy atom. The number of carboxylic acid groups (broad SMARTS) is 4. The van der Waals surface area contributed by atoms with Crippen molar-refractivity contribution in [1.82, 2.24) is 9.80 Å². The van der Waals surface area contributed by atoms with E-state index < -0.39 is 29.3 Å². The molecular formula is C35H45N3O10. The molecule has 4 N–H and O–H groups in total. The summed E-state index contributed by atoms with van der Waals surface area (Å²) in [6.07, 6.45) is 4.06. The van der Waals surface area contributed by atoms with E-state index in [1.807, 2.05) is 18.2 Å². The Labute approximate surface area is 280 Å². The predicted octanol–water partition coefficient (Wildman–Crippen LogP) is 4.14. The Morgan fingerprint density at radius 1 is 0.792 bits per heavy atom. The molecule has 2 aromatic carbocycles. The Morgan fingerprint density at radius 3 is 1.69 bits per heavy atom. The molecule has 260 valence electrons. The van der Waals surface area contributed by atoms with Crippen molar-refractivity contribution in [2.75, 3.05) is 46.9 Å². The largest absolute Gasteiger partial charge is 0.493 e. The molecule has 48 heavy (non-hydrogen) atoms. The maximum Gasteiger partial charge on any atom is 0.328 e. The average molecular weight is 668 g/mol. The van der Waals surface area contributed by atoms with Crippen LogP contribution >= 0.6 is 0 Å².